The number of nitrogens with one attached hydrogen (secondary N) is 1. The lowest BCUT2D eigenvalue weighted by Gasteiger charge is -1.81. The Morgan fingerprint density at radius 1 is 1.00 bits per heavy atom. The number of imidazole rings is 1. The van der Waals surface area contributed by atoms with Crippen LogP contribution in [0.2, 0.25) is 0 Å². The Hall–Kier alpha value is -0.720. The van der Waals surface area contributed by atoms with Gasteiger partial charge >= 0.3 is 0 Å². The number of anilines is 1. The van der Waals surface area contributed by atoms with E-state index in [1.54, 1.807) is 0 Å². The van der Waals surface area contributed by atoms with Gasteiger partial charge in [0.2, 0.25) is 0 Å². The maximum Gasteiger partial charge on any atom is 0.198 e. The monoisotopic (exact) mass is 277 g/mol. The number of nitrogens with zero attached hydrogens (tertiary/aromatic N) is 1. The molecule has 0 bridgehead atoms. The van der Waals surface area contributed by atoms with Crippen LogP contribution in [0.25, 0.3) is 11.0 Å². The summed E-state index contributed by atoms with van der Waals surface area (Å²) in [6, 6.07) is 7.74. The lowest BCUT2D eigenvalue weighted by molar-refractivity contribution is 0.823. The van der Waals surface area contributed by atoms with E-state index in [2.05, 4.69) is 9.97 Å². The van der Waals surface area contributed by atoms with E-state index in [9.17, 15) is 0 Å². The number of halogens is 3. The van der Waals surface area contributed by atoms with E-state index in [4.69, 9.17) is 5.73 Å². The number of rotatable bonds is 0. The molecule has 0 spiro atoms. The molecule has 0 unspecified atom stereocenters. The molecule has 0 saturated heterocycles. The predicted octanol–water partition coefficient (Wildman–Crippen LogP) is 0.761. The summed E-state index contributed by atoms with van der Waals surface area (Å²) >= 11 is 0. The minimum Gasteiger partial charge on any atom is -0.412 e. The van der Waals surface area contributed by atoms with Gasteiger partial charge in [-0.2, -0.15) is 0 Å². The molecule has 7 N–H and O–H groups in total. The van der Waals surface area contributed by atoms with Crippen LogP contribution in [0.15, 0.2) is 24.3 Å². The maximum atomic E-state index is 5.42. The molecule has 2 aromatic rings. The first-order valence-corrected chi connectivity index (χ1v) is 3.06. The van der Waals surface area contributed by atoms with E-state index in [0.29, 0.717) is 5.95 Å². The van der Waals surface area contributed by atoms with Crippen LogP contribution in [0.4, 0.5) is 5.95 Å². The zero-order valence-electron chi connectivity index (χ0n) is 7.56. The minimum atomic E-state index is 0. The first-order valence-electron chi connectivity index (χ1n) is 3.06. The molecule has 5 nitrogen and oxygen atoms in total. The third-order valence-corrected chi connectivity index (χ3v) is 1.41. The van der Waals surface area contributed by atoms with E-state index >= 15 is 0 Å². The molecule has 2 rings (SSSR count). The van der Waals surface area contributed by atoms with Crippen molar-refractivity contribution >= 4 is 54.2 Å². The van der Waals surface area contributed by atoms with Crippen LogP contribution < -0.4 is 5.73 Å². The number of para-hydroxylation sites is 2. The lowest BCUT2D eigenvalue weighted by atomic mass is 10.3. The van der Waals surface area contributed by atoms with E-state index in [-0.39, 0.29) is 48.2 Å². The van der Waals surface area contributed by atoms with E-state index in [1.165, 1.54) is 0 Å². The molecule has 0 aliphatic rings. The number of aromatic amines is 1. The van der Waals surface area contributed by atoms with E-state index in [1.807, 2.05) is 24.3 Å². The molecule has 90 valence electrons. The Balaban J connectivity index is -0.000000121. The largest absolute Gasteiger partial charge is 0.412 e. The van der Waals surface area contributed by atoms with Crippen molar-refractivity contribution in [3.05, 3.63) is 24.3 Å². The normalized spacial score (nSPS) is 6.93. The van der Waals surface area contributed by atoms with Crippen molar-refractivity contribution in [2.75, 3.05) is 5.73 Å². The van der Waals surface area contributed by atoms with Crippen LogP contribution in [0.1, 0.15) is 0 Å². The molecule has 0 radical (unpaired) electrons. The number of nitrogens with two attached hydrogens (primary N) is 1. The Kier molecular flexibility index (Phi) is 15.6. The quantitative estimate of drug-likeness (QED) is 0.740. The zero-order valence-corrected chi connectivity index (χ0v) is 10.0. The summed E-state index contributed by atoms with van der Waals surface area (Å²) in [6.07, 6.45) is 0. The predicted molar refractivity (Wildman–Crippen MR) is 69.5 cm³/mol. The highest BCUT2D eigenvalue weighted by atomic mass is 35.5. The van der Waals surface area contributed by atoms with Crippen LogP contribution in [0.3, 0.4) is 0 Å². The number of fused-ring (bicyclic) bond motifs is 1. The molecule has 1 aromatic carbocycles. The van der Waals surface area contributed by atoms with Gasteiger partial charge in [-0.25, -0.2) is 4.98 Å². The topological polar surface area (TPSA) is 118 Å². The SMILES string of the molecule is Cl.Cl.Cl.Nc1nc2ccccc2[nH]1.O.O. The van der Waals surface area contributed by atoms with Crippen LogP contribution in [0.5, 0.6) is 0 Å². The minimum absolute atomic E-state index is 0. The number of hydrogen-bond donors (Lipinski definition) is 2. The number of nitrogen functional groups attached to an aromatic ring is 1. The van der Waals surface area contributed by atoms with E-state index in [0.717, 1.165) is 11.0 Å². The van der Waals surface area contributed by atoms with Gasteiger partial charge in [-0.1, -0.05) is 12.1 Å². The summed E-state index contributed by atoms with van der Waals surface area (Å²) in [6.45, 7) is 0. The average molecular weight is 279 g/mol. The average Bonchev–Trinajstić information content (AvgIpc) is 2.27. The van der Waals surface area contributed by atoms with Crippen molar-refractivity contribution < 1.29 is 11.0 Å². The Labute approximate surface area is 105 Å². The highest BCUT2D eigenvalue weighted by molar-refractivity contribution is 5.86. The fourth-order valence-corrected chi connectivity index (χ4v) is 0.973. The maximum absolute atomic E-state index is 5.42. The molecule has 0 aliphatic carbocycles. The first-order chi connectivity index (χ1) is 4.86. The van der Waals surface area contributed by atoms with Gasteiger partial charge in [0.25, 0.3) is 0 Å². The van der Waals surface area contributed by atoms with Gasteiger partial charge in [0.1, 0.15) is 0 Å². The molecular formula is C7H14Cl3N3O2. The van der Waals surface area contributed by atoms with Crippen LogP contribution in [0, 0.1) is 0 Å². The van der Waals surface area contributed by atoms with Crippen molar-refractivity contribution in [3.63, 3.8) is 0 Å². The molecule has 8 heteroatoms. The summed E-state index contributed by atoms with van der Waals surface area (Å²) in [5, 5.41) is 0. The second kappa shape index (κ2) is 9.82. The van der Waals surface area contributed by atoms with Crippen LogP contribution in [-0.2, 0) is 0 Å². The Morgan fingerprint density at radius 3 is 2.07 bits per heavy atom. The summed E-state index contributed by atoms with van der Waals surface area (Å²) in [5.74, 6) is 0.473. The van der Waals surface area contributed by atoms with Gasteiger partial charge in [-0.05, 0) is 12.1 Å². The number of benzene rings is 1. The number of H-pyrrole nitrogens is 1. The van der Waals surface area contributed by atoms with Gasteiger partial charge in [0.15, 0.2) is 5.95 Å². The lowest BCUT2D eigenvalue weighted by Crippen LogP contribution is -1.84. The van der Waals surface area contributed by atoms with Crippen molar-refractivity contribution in [3.8, 4) is 0 Å². The Morgan fingerprint density at radius 2 is 1.53 bits per heavy atom. The smallest absolute Gasteiger partial charge is 0.198 e. The molecule has 1 heterocycles. The molecular weight excluding hydrogens is 264 g/mol. The van der Waals surface area contributed by atoms with E-state index < -0.39 is 0 Å². The molecule has 15 heavy (non-hydrogen) atoms. The highest BCUT2D eigenvalue weighted by Crippen LogP contribution is 2.10. The number of hydrogen-bond acceptors (Lipinski definition) is 2. The Bertz CT molecular complexity index is 336. The van der Waals surface area contributed by atoms with Gasteiger partial charge in [0, 0.05) is 0 Å². The fraction of sp³-hybridized carbons (Fsp3) is 0. The standard InChI is InChI=1S/C7H7N3.3ClH.2H2O/c8-7-9-5-3-1-2-4-6(5)10-7;;;;;/h1-4H,(H3,8,9,10);3*1H;2*1H2. The summed E-state index contributed by atoms with van der Waals surface area (Å²) < 4.78 is 0. The first kappa shape index (κ1) is 23.8. The molecule has 0 saturated carbocycles. The third-order valence-electron chi connectivity index (χ3n) is 1.41. The summed E-state index contributed by atoms with van der Waals surface area (Å²) in [5.41, 5.74) is 7.33. The highest BCUT2D eigenvalue weighted by Gasteiger charge is 1.94. The second-order valence-corrected chi connectivity index (χ2v) is 2.14. The van der Waals surface area contributed by atoms with Crippen molar-refractivity contribution in [1.82, 2.24) is 9.97 Å². The molecule has 0 amide bonds. The van der Waals surface area contributed by atoms with Crippen LogP contribution in [-0.4, -0.2) is 20.9 Å². The van der Waals surface area contributed by atoms with Crippen LogP contribution >= 0.6 is 37.2 Å². The molecule has 0 aliphatic heterocycles. The van der Waals surface area contributed by atoms with Gasteiger partial charge < -0.3 is 21.7 Å². The van der Waals surface area contributed by atoms with Gasteiger partial charge in [0.05, 0.1) is 11.0 Å². The molecule has 0 atom stereocenters. The van der Waals surface area contributed by atoms with Gasteiger partial charge in [-0.15, -0.1) is 37.2 Å². The fourth-order valence-electron chi connectivity index (χ4n) is 0.973. The van der Waals surface area contributed by atoms with Gasteiger partial charge in [-0.3, -0.25) is 0 Å². The number of aromatic nitrogens is 2. The molecule has 1 aromatic heterocycles. The summed E-state index contributed by atoms with van der Waals surface area (Å²) in [4.78, 5) is 6.96. The zero-order chi connectivity index (χ0) is 6.97. The summed E-state index contributed by atoms with van der Waals surface area (Å²) in [7, 11) is 0. The second-order valence-electron chi connectivity index (χ2n) is 2.14. The van der Waals surface area contributed by atoms with Crippen molar-refractivity contribution in [2.45, 2.75) is 0 Å². The van der Waals surface area contributed by atoms with Crippen molar-refractivity contribution in [2.24, 2.45) is 0 Å². The third kappa shape index (κ3) is 5.06. The van der Waals surface area contributed by atoms with Crippen molar-refractivity contribution in [1.29, 1.82) is 0 Å². The molecule has 0 fully saturated rings.